The quantitative estimate of drug-likeness (QED) is 0.225. The number of imidazole rings is 1. The third kappa shape index (κ3) is 9.74. The number of carbonyl (C=O) groups is 4. The van der Waals surface area contributed by atoms with Gasteiger partial charge in [0.15, 0.2) is 0 Å². The molecule has 0 saturated carbocycles. The molecule has 1 aromatic heterocycles. The first-order valence-electron chi connectivity index (χ1n) is 18.1. The number of aryl methyl sites for hydroxylation is 4. The number of fused-ring (bicyclic) bond motifs is 5. The second-order valence-corrected chi connectivity index (χ2v) is 13.9. The van der Waals surface area contributed by atoms with Gasteiger partial charge in [0.25, 0.3) is 0 Å². The SMILES string of the molecule is Cc1nc2ccc(CCC(=O)N[C@H]3CC(=O)N4CCCC(CCOc5ccc(C)c(c5)CNC(=O)[C@H](CCc5ccccc5)NC3=O)C4)cc2[nH]1. The van der Waals surface area contributed by atoms with E-state index in [1.54, 1.807) is 4.90 Å². The Morgan fingerprint density at radius 2 is 1.80 bits per heavy atom. The van der Waals surface area contributed by atoms with Crippen LogP contribution in [-0.4, -0.2) is 70.3 Å². The highest BCUT2D eigenvalue weighted by Crippen LogP contribution is 2.23. The van der Waals surface area contributed by atoms with E-state index in [4.69, 9.17) is 4.74 Å². The average Bonchev–Trinajstić information content (AvgIpc) is 3.51. The number of H-pyrrole nitrogens is 1. The maximum Gasteiger partial charge on any atom is 0.243 e. The maximum atomic E-state index is 14.0. The lowest BCUT2D eigenvalue weighted by atomic mass is 9.94. The highest BCUT2D eigenvalue weighted by molar-refractivity contribution is 5.95. The maximum absolute atomic E-state index is 14.0. The van der Waals surface area contributed by atoms with Gasteiger partial charge >= 0.3 is 0 Å². The third-order valence-electron chi connectivity index (χ3n) is 9.97. The predicted molar refractivity (Wildman–Crippen MR) is 195 cm³/mol. The number of nitrogens with one attached hydrogen (secondary N) is 4. The summed E-state index contributed by atoms with van der Waals surface area (Å²) in [7, 11) is 0. The zero-order chi connectivity index (χ0) is 35.7. The van der Waals surface area contributed by atoms with Gasteiger partial charge in [-0.15, -0.1) is 0 Å². The van der Waals surface area contributed by atoms with Gasteiger partial charge in [-0.1, -0.05) is 42.5 Å². The Morgan fingerprint density at radius 3 is 2.65 bits per heavy atom. The molecule has 6 rings (SSSR count). The molecular formula is C40H48N6O5. The van der Waals surface area contributed by atoms with E-state index in [1.807, 2.05) is 80.6 Å². The number of amides is 4. The highest BCUT2D eigenvalue weighted by atomic mass is 16.5. The van der Waals surface area contributed by atoms with Crippen LogP contribution in [0.15, 0.2) is 66.7 Å². The van der Waals surface area contributed by atoms with Crippen LogP contribution in [-0.2, 0) is 38.6 Å². The van der Waals surface area contributed by atoms with Gasteiger partial charge in [0.05, 0.1) is 24.1 Å². The van der Waals surface area contributed by atoms with Crippen molar-refractivity contribution in [3.8, 4) is 5.75 Å². The third-order valence-corrected chi connectivity index (χ3v) is 9.97. The summed E-state index contributed by atoms with van der Waals surface area (Å²) in [5, 5.41) is 8.79. The van der Waals surface area contributed by atoms with E-state index in [1.165, 1.54) is 0 Å². The number of benzene rings is 3. The van der Waals surface area contributed by atoms with E-state index < -0.39 is 18.0 Å². The molecule has 2 aliphatic heterocycles. The summed E-state index contributed by atoms with van der Waals surface area (Å²) in [6.07, 6.45) is 3.89. The Balaban J connectivity index is 1.22. The number of rotatable bonds is 7. The van der Waals surface area contributed by atoms with Gasteiger partial charge in [0.1, 0.15) is 23.7 Å². The number of carbonyl (C=O) groups excluding carboxylic acids is 4. The van der Waals surface area contributed by atoms with Crippen LogP contribution in [0.2, 0.25) is 0 Å². The number of hydrogen-bond acceptors (Lipinski definition) is 6. The number of hydrogen-bond donors (Lipinski definition) is 4. The Morgan fingerprint density at radius 1 is 0.961 bits per heavy atom. The molecule has 3 aromatic carbocycles. The van der Waals surface area contributed by atoms with Crippen molar-refractivity contribution >= 4 is 34.7 Å². The van der Waals surface area contributed by atoms with Crippen molar-refractivity contribution in [1.82, 2.24) is 30.8 Å². The summed E-state index contributed by atoms with van der Waals surface area (Å²) in [5.41, 5.74) is 5.68. The van der Waals surface area contributed by atoms with Crippen molar-refractivity contribution in [3.05, 3.63) is 94.8 Å². The molecule has 3 atom stereocenters. The van der Waals surface area contributed by atoms with Crippen LogP contribution in [0.5, 0.6) is 5.75 Å². The fourth-order valence-electron chi connectivity index (χ4n) is 6.98. The van der Waals surface area contributed by atoms with E-state index in [0.29, 0.717) is 39.0 Å². The monoisotopic (exact) mass is 692 g/mol. The molecule has 1 unspecified atom stereocenters. The van der Waals surface area contributed by atoms with Crippen LogP contribution in [0.4, 0.5) is 0 Å². The van der Waals surface area contributed by atoms with Gasteiger partial charge in [-0.05, 0) is 105 Å². The van der Waals surface area contributed by atoms with Crippen LogP contribution < -0.4 is 20.7 Å². The van der Waals surface area contributed by atoms with Gasteiger partial charge in [0, 0.05) is 26.1 Å². The molecule has 0 spiro atoms. The van der Waals surface area contributed by atoms with E-state index in [0.717, 1.165) is 64.1 Å². The predicted octanol–water partition coefficient (Wildman–Crippen LogP) is 4.44. The van der Waals surface area contributed by atoms with E-state index in [2.05, 4.69) is 25.9 Å². The van der Waals surface area contributed by atoms with Crippen LogP contribution in [0.3, 0.4) is 0 Å². The zero-order valence-electron chi connectivity index (χ0n) is 29.5. The van der Waals surface area contributed by atoms with Crippen molar-refractivity contribution < 1.29 is 23.9 Å². The first-order chi connectivity index (χ1) is 24.7. The second kappa shape index (κ2) is 16.7. The lowest BCUT2D eigenvalue weighted by Crippen LogP contribution is -2.55. The zero-order valence-corrected chi connectivity index (χ0v) is 29.5. The molecule has 2 aliphatic rings. The van der Waals surface area contributed by atoms with E-state index in [-0.39, 0.29) is 43.0 Å². The summed E-state index contributed by atoms with van der Waals surface area (Å²) in [6, 6.07) is 19.4. The number of aromatic nitrogens is 2. The van der Waals surface area contributed by atoms with Crippen LogP contribution in [0, 0.1) is 19.8 Å². The molecule has 0 aliphatic carbocycles. The molecule has 4 bridgehead atoms. The lowest BCUT2D eigenvalue weighted by molar-refractivity contribution is -0.138. The van der Waals surface area contributed by atoms with Crippen molar-refractivity contribution in [1.29, 1.82) is 0 Å². The normalized spacial score (nSPS) is 20.5. The van der Waals surface area contributed by atoms with Crippen molar-refractivity contribution in [2.45, 2.75) is 83.8 Å². The van der Waals surface area contributed by atoms with Gasteiger partial charge in [0.2, 0.25) is 23.6 Å². The van der Waals surface area contributed by atoms with E-state index in [9.17, 15) is 19.2 Å². The van der Waals surface area contributed by atoms with Crippen LogP contribution in [0.1, 0.15) is 66.6 Å². The minimum absolute atomic E-state index is 0.124. The summed E-state index contributed by atoms with van der Waals surface area (Å²) >= 11 is 0. The van der Waals surface area contributed by atoms with Gasteiger partial charge in [-0.25, -0.2) is 4.98 Å². The average molecular weight is 693 g/mol. The van der Waals surface area contributed by atoms with Crippen molar-refractivity contribution in [2.24, 2.45) is 5.92 Å². The van der Waals surface area contributed by atoms with Gasteiger partial charge in [-0.3, -0.25) is 19.2 Å². The Hall–Kier alpha value is -5.19. The summed E-state index contributed by atoms with van der Waals surface area (Å²) in [5.74, 6) is 0.377. The molecular weight excluding hydrogens is 644 g/mol. The van der Waals surface area contributed by atoms with E-state index >= 15 is 0 Å². The Labute approximate surface area is 298 Å². The molecule has 11 heteroatoms. The summed E-state index contributed by atoms with van der Waals surface area (Å²) in [6.45, 7) is 5.82. The number of ether oxygens (including phenoxy) is 1. The van der Waals surface area contributed by atoms with Crippen LogP contribution >= 0.6 is 0 Å². The van der Waals surface area contributed by atoms with Gasteiger partial charge < -0.3 is 30.6 Å². The smallest absolute Gasteiger partial charge is 0.243 e. The van der Waals surface area contributed by atoms with Crippen LogP contribution in [0.25, 0.3) is 11.0 Å². The second-order valence-electron chi connectivity index (χ2n) is 13.9. The molecule has 3 heterocycles. The lowest BCUT2D eigenvalue weighted by Gasteiger charge is -2.34. The fraction of sp³-hybridized carbons (Fsp3) is 0.425. The molecule has 51 heavy (non-hydrogen) atoms. The first-order valence-corrected chi connectivity index (χ1v) is 18.1. The number of nitrogens with zero attached hydrogens (tertiary/aromatic N) is 2. The standard InChI is InChI=1S/C40H48N6O5/c1-26-10-14-32-22-31(26)24-41-39(49)34(16-11-28-7-4-3-5-8-28)45-40(50)36(23-38(48)46-19-6-9-30(25-46)18-20-51-32)44-37(47)17-13-29-12-15-33-35(21-29)43-27(2)42-33/h3-5,7-8,10,12,14-15,21-22,30,34,36H,6,9,11,13,16-20,23-25H2,1-2H3,(H,41,49)(H,42,43)(H,44,47)(H,45,50)/t30?,34-,36-/m0/s1. The Bertz CT molecular complexity index is 1860. The van der Waals surface area contributed by atoms with Crippen molar-refractivity contribution in [2.75, 3.05) is 19.7 Å². The first kappa shape index (κ1) is 35.6. The summed E-state index contributed by atoms with van der Waals surface area (Å²) in [4.78, 5) is 64.4. The van der Waals surface area contributed by atoms with Gasteiger partial charge in [-0.2, -0.15) is 0 Å². The molecule has 1 fully saturated rings. The molecule has 268 valence electrons. The highest BCUT2D eigenvalue weighted by Gasteiger charge is 2.32. The fourth-order valence-corrected chi connectivity index (χ4v) is 6.98. The number of piperidine rings is 1. The van der Waals surface area contributed by atoms with Crippen molar-refractivity contribution in [3.63, 3.8) is 0 Å². The minimum atomic E-state index is -1.14. The molecule has 4 amide bonds. The number of aromatic amines is 1. The minimum Gasteiger partial charge on any atom is -0.494 e. The topological polar surface area (TPSA) is 146 Å². The molecule has 11 nitrogen and oxygen atoms in total. The summed E-state index contributed by atoms with van der Waals surface area (Å²) < 4.78 is 6.13. The molecule has 1 saturated heterocycles. The Kier molecular flexibility index (Phi) is 11.7. The molecule has 4 aromatic rings. The molecule has 4 N–H and O–H groups in total. The molecule has 0 radical (unpaired) electrons. The largest absolute Gasteiger partial charge is 0.494 e.